The molecule has 142 valence electrons. The van der Waals surface area contributed by atoms with Crippen LogP contribution in [-0.4, -0.2) is 72.1 Å². The van der Waals surface area contributed by atoms with Gasteiger partial charge in [-0.15, -0.1) is 0 Å². The van der Waals surface area contributed by atoms with Crippen LogP contribution in [0, 0.1) is 5.82 Å². The standard InChI is InChI=1S/C19H26FN3O3/c1-21(13-18(24)25)15-7-10-22(11-8-15)17-6-3-9-23(19(17)26)16-5-2-4-14(20)12-16/h2,4-5,12,15,17H,3,6-11,13H2,1H3,(H,24,25). The normalized spacial score (nSPS) is 22.8. The van der Waals surface area contributed by atoms with Gasteiger partial charge in [0.1, 0.15) is 5.82 Å². The van der Waals surface area contributed by atoms with Crippen molar-refractivity contribution in [3.63, 3.8) is 0 Å². The molecule has 0 spiro atoms. The lowest BCUT2D eigenvalue weighted by Crippen LogP contribution is -2.56. The first-order valence-electron chi connectivity index (χ1n) is 9.18. The second kappa shape index (κ2) is 8.14. The van der Waals surface area contributed by atoms with Gasteiger partial charge in [-0.1, -0.05) is 6.07 Å². The van der Waals surface area contributed by atoms with Gasteiger partial charge in [-0.05, 0) is 50.9 Å². The number of halogens is 1. The molecular formula is C19H26FN3O3. The smallest absolute Gasteiger partial charge is 0.317 e. The van der Waals surface area contributed by atoms with Gasteiger partial charge in [0.05, 0.1) is 12.6 Å². The van der Waals surface area contributed by atoms with E-state index in [-0.39, 0.29) is 30.4 Å². The minimum atomic E-state index is -0.817. The van der Waals surface area contributed by atoms with Crippen molar-refractivity contribution in [3.05, 3.63) is 30.1 Å². The second-order valence-electron chi connectivity index (χ2n) is 7.20. The minimum absolute atomic E-state index is 0.0409. The fourth-order valence-electron chi connectivity index (χ4n) is 4.08. The van der Waals surface area contributed by atoms with Crippen LogP contribution >= 0.6 is 0 Å². The maximum atomic E-state index is 13.5. The molecule has 0 radical (unpaired) electrons. The molecule has 26 heavy (non-hydrogen) atoms. The van der Waals surface area contributed by atoms with Crippen LogP contribution < -0.4 is 4.90 Å². The van der Waals surface area contributed by atoms with Crippen molar-refractivity contribution in [2.24, 2.45) is 0 Å². The highest BCUT2D eigenvalue weighted by molar-refractivity contribution is 5.97. The number of anilines is 1. The first-order valence-corrected chi connectivity index (χ1v) is 9.18. The summed E-state index contributed by atoms with van der Waals surface area (Å²) in [6.07, 6.45) is 3.42. The van der Waals surface area contributed by atoms with Gasteiger partial charge in [0.15, 0.2) is 0 Å². The zero-order valence-electron chi connectivity index (χ0n) is 15.1. The van der Waals surface area contributed by atoms with Crippen molar-refractivity contribution in [2.45, 2.75) is 37.8 Å². The lowest BCUT2D eigenvalue weighted by molar-refractivity contribution is -0.138. The molecule has 1 amide bonds. The maximum Gasteiger partial charge on any atom is 0.317 e. The van der Waals surface area contributed by atoms with Gasteiger partial charge in [-0.2, -0.15) is 0 Å². The van der Waals surface area contributed by atoms with E-state index in [0.717, 1.165) is 38.8 Å². The number of hydrogen-bond acceptors (Lipinski definition) is 4. The number of carboxylic acids is 1. The molecule has 1 unspecified atom stereocenters. The van der Waals surface area contributed by atoms with Crippen LogP contribution in [0.1, 0.15) is 25.7 Å². The van der Waals surface area contributed by atoms with Gasteiger partial charge in [0.2, 0.25) is 5.91 Å². The molecule has 2 aliphatic rings. The number of amides is 1. The predicted molar refractivity (Wildman–Crippen MR) is 96.6 cm³/mol. The molecule has 1 atom stereocenters. The third-order valence-corrected chi connectivity index (χ3v) is 5.48. The Morgan fingerprint density at radius 1 is 1.27 bits per heavy atom. The summed E-state index contributed by atoms with van der Waals surface area (Å²) in [6.45, 7) is 2.22. The van der Waals surface area contributed by atoms with Crippen molar-refractivity contribution in [2.75, 3.05) is 38.1 Å². The van der Waals surface area contributed by atoms with Crippen LogP contribution in [0.2, 0.25) is 0 Å². The van der Waals surface area contributed by atoms with Gasteiger partial charge in [0.25, 0.3) is 0 Å². The molecule has 0 aromatic heterocycles. The first-order chi connectivity index (χ1) is 12.5. The topological polar surface area (TPSA) is 64.1 Å². The van der Waals surface area contributed by atoms with Crippen LogP contribution in [0.5, 0.6) is 0 Å². The van der Waals surface area contributed by atoms with Crippen LogP contribution in [0.15, 0.2) is 24.3 Å². The summed E-state index contributed by atoms with van der Waals surface area (Å²) >= 11 is 0. The maximum absolute atomic E-state index is 13.5. The zero-order valence-corrected chi connectivity index (χ0v) is 15.1. The third kappa shape index (κ3) is 4.22. The SMILES string of the molecule is CN(CC(=O)O)C1CCN(C2CCCN(c3cccc(F)c3)C2=O)CC1. The summed E-state index contributed by atoms with van der Waals surface area (Å²) < 4.78 is 13.5. The Hall–Kier alpha value is -1.99. The van der Waals surface area contributed by atoms with Gasteiger partial charge < -0.3 is 10.0 Å². The number of rotatable bonds is 5. The number of likely N-dealkylation sites (tertiary alicyclic amines) is 1. The Bertz CT molecular complexity index is 661. The van der Waals surface area contributed by atoms with E-state index in [9.17, 15) is 14.0 Å². The molecular weight excluding hydrogens is 337 g/mol. The van der Waals surface area contributed by atoms with Crippen LogP contribution in [0.3, 0.4) is 0 Å². The average Bonchev–Trinajstić information content (AvgIpc) is 2.61. The molecule has 0 saturated carbocycles. The van der Waals surface area contributed by atoms with Crippen LogP contribution in [0.25, 0.3) is 0 Å². The van der Waals surface area contributed by atoms with Crippen molar-refractivity contribution < 1.29 is 19.1 Å². The van der Waals surface area contributed by atoms with Crippen LogP contribution in [0.4, 0.5) is 10.1 Å². The fourth-order valence-corrected chi connectivity index (χ4v) is 4.08. The van der Waals surface area contributed by atoms with E-state index < -0.39 is 5.97 Å². The Balaban J connectivity index is 1.61. The van der Waals surface area contributed by atoms with E-state index in [0.29, 0.717) is 12.2 Å². The highest BCUT2D eigenvalue weighted by Crippen LogP contribution is 2.27. The van der Waals surface area contributed by atoms with Gasteiger partial charge in [-0.25, -0.2) is 4.39 Å². The van der Waals surface area contributed by atoms with Crippen LogP contribution in [-0.2, 0) is 9.59 Å². The summed E-state index contributed by atoms with van der Waals surface area (Å²) in [6, 6.07) is 6.27. The number of likely N-dealkylation sites (N-methyl/N-ethyl adjacent to an activating group) is 1. The zero-order chi connectivity index (χ0) is 18.7. The molecule has 0 aliphatic carbocycles. The molecule has 1 N–H and O–H groups in total. The minimum Gasteiger partial charge on any atom is -0.480 e. The van der Waals surface area contributed by atoms with Crippen molar-refractivity contribution in [3.8, 4) is 0 Å². The molecule has 2 aliphatic heterocycles. The number of piperidine rings is 2. The number of benzene rings is 1. The average molecular weight is 363 g/mol. The first kappa shape index (κ1) is 18.8. The monoisotopic (exact) mass is 363 g/mol. The molecule has 2 heterocycles. The molecule has 7 heteroatoms. The summed E-state index contributed by atoms with van der Waals surface area (Å²) in [4.78, 5) is 29.6. The van der Waals surface area contributed by atoms with Gasteiger partial charge >= 0.3 is 5.97 Å². The van der Waals surface area contributed by atoms with E-state index in [1.54, 1.807) is 17.0 Å². The van der Waals surface area contributed by atoms with E-state index in [4.69, 9.17) is 5.11 Å². The van der Waals surface area contributed by atoms with Crippen molar-refractivity contribution >= 4 is 17.6 Å². The number of carboxylic acid groups (broad SMARTS) is 1. The van der Waals surface area contributed by atoms with E-state index in [1.165, 1.54) is 12.1 Å². The largest absolute Gasteiger partial charge is 0.480 e. The summed E-state index contributed by atoms with van der Waals surface area (Å²) in [5.74, 6) is -1.11. The van der Waals surface area contributed by atoms with E-state index in [1.807, 2.05) is 11.9 Å². The Morgan fingerprint density at radius 2 is 2.00 bits per heavy atom. The highest BCUT2D eigenvalue weighted by Gasteiger charge is 2.36. The molecule has 6 nitrogen and oxygen atoms in total. The molecule has 2 saturated heterocycles. The Labute approximate surface area is 153 Å². The highest BCUT2D eigenvalue weighted by atomic mass is 19.1. The molecule has 1 aromatic carbocycles. The quantitative estimate of drug-likeness (QED) is 0.864. The lowest BCUT2D eigenvalue weighted by Gasteiger charge is -2.43. The predicted octanol–water partition coefficient (Wildman–Crippen LogP) is 1.80. The number of aliphatic carboxylic acids is 1. The second-order valence-corrected chi connectivity index (χ2v) is 7.20. The number of hydrogen-bond donors (Lipinski definition) is 1. The Morgan fingerprint density at radius 3 is 2.65 bits per heavy atom. The number of nitrogens with zero attached hydrogens (tertiary/aromatic N) is 3. The summed E-state index contributed by atoms with van der Waals surface area (Å²) in [7, 11) is 1.84. The number of carbonyl (C=O) groups is 2. The molecule has 1 aromatic rings. The van der Waals surface area contributed by atoms with Gasteiger partial charge in [-0.3, -0.25) is 19.4 Å². The lowest BCUT2D eigenvalue weighted by atomic mass is 9.97. The summed E-state index contributed by atoms with van der Waals surface area (Å²) in [5.41, 5.74) is 0.621. The van der Waals surface area contributed by atoms with E-state index in [2.05, 4.69) is 4.90 Å². The summed E-state index contributed by atoms with van der Waals surface area (Å²) in [5, 5.41) is 8.93. The molecule has 3 rings (SSSR count). The Kier molecular flexibility index (Phi) is 5.88. The molecule has 0 bridgehead atoms. The number of carbonyl (C=O) groups excluding carboxylic acids is 1. The third-order valence-electron chi connectivity index (χ3n) is 5.48. The van der Waals surface area contributed by atoms with E-state index >= 15 is 0 Å². The molecule has 2 fully saturated rings. The van der Waals surface area contributed by atoms with Crippen molar-refractivity contribution in [1.82, 2.24) is 9.80 Å². The fraction of sp³-hybridized carbons (Fsp3) is 0.579. The van der Waals surface area contributed by atoms with Crippen molar-refractivity contribution in [1.29, 1.82) is 0 Å². The van der Waals surface area contributed by atoms with Gasteiger partial charge in [0, 0.05) is 31.4 Å².